The number of benzene rings is 1. The largest absolute Gasteiger partial charge is 0.573 e. The highest BCUT2D eigenvalue weighted by Crippen LogP contribution is 2.24. The third-order valence-corrected chi connectivity index (χ3v) is 5.02. The van der Waals surface area contributed by atoms with E-state index in [-0.39, 0.29) is 18.2 Å². The van der Waals surface area contributed by atoms with Crippen molar-refractivity contribution in [1.29, 1.82) is 0 Å². The number of nitrogens with zero attached hydrogens (tertiary/aromatic N) is 2. The molecule has 0 unspecified atom stereocenters. The maximum Gasteiger partial charge on any atom is 0.573 e. The second-order valence-electron chi connectivity index (χ2n) is 6.25. The van der Waals surface area contributed by atoms with Gasteiger partial charge in [-0.05, 0) is 35.7 Å². The van der Waals surface area contributed by atoms with Crippen molar-refractivity contribution in [1.82, 2.24) is 9.80 Å². The lowest BCUT2D eigenvalue weighted by molar-refractivity contribution is -0.274. The second kappa shape index (κ2) is 8.73. The molecule has 1 aliphatic rings. The number of amides is 1. The third kappa shape index (κ3) is 6.53. The van der Waals surface area contributed by atoms with Crippen LogP contribution in [0, 0.1) is 0 Å². The summed E-state index contributed by atoms with van der Waals surface area (Å²) >= 11 is 1.74. The van der Waals surface area contributed by atoms with Crippen molar-refractivity contribution in [2.75, 3.05) is 38.0 Å². The lowest BCUT2D eigenvalue weighted by Crippen LogP contribution is -2.48. The van der Waals surface area contributed by atoms with Crippen LogP contribution in [0.25, 0.3) is 0 Å². The molecule has 0 bridgehead atoms. The maximum atomic E-state index is 12.2. The minimum atomic E-state index is -4.73. The fraction of sp³-hybridized carbons (Fsp3) is 0.389. The van der Waals surface area contributed by atoms with Crippen LogP contribution < -0.4 is 10.1 Å². The molecule has 0 radical (unpaired) electrons. The number of piperazine rings is 1. The van der Waals surface area contributed by atoms with E-state index in [1.165, 1.54) is 29.1 Å². The van der Waals surface area contributed by atoms with Crippen molar-refractivity contribution >= 4 is 22.9 Å². The Morgan fingerprint density at radius 2 is 1.74 bits per heavy atom. The first-order valence-electron chi connectivity index (χ1n) is 8.50. The van der Waals surface area contributed by atoms with E-state index < -0.39 is 6.36 Å². The first kappa shape index (κ1) is 19.7. The summed E-state index contributed by atoms with van der Waals surface area (Å²) in [6.45, 7) is 4.59. The number of ether oxygens (including phenoxy) is 1. The smallest absolute Gasteiger partial charge is 0.406 e. The molecule has 1 aliphatic heterocycles. The van der Waals surface area contributed by atoms with Gasteiger partial charge in [-0.1, -0.05) is 6.07 Å². The highest BCUT2D eigenvalue weighted by atomic mass is 32.1. The minimum Gasteiger partial charge on any atom is -0.406 e. The molecule has 0 atom stereocenters. The number of thiophene rings is 1. The minimum absolute atomic E-state index is 0.189. The number of halogens is 3. The lowest BCUT2D eigenvalue weighted by atomic mass is 10.2. The predicted molar refractivity (Wildman–Crippen MR) is 97.8 cm³/mol. The number of hydrogen-bond donors (Lipinski definition) is 1. The summed E-state index contributed by atoms with van der Waals surface area (Å²) in [5.74, 6) is -0.506. The summed E-state index contributed by atoms with van der Waals surface area (Å²) in [5, 5.41) is 4.76. The SMILES string of the molecule is O=C(CN1CCN(Cc2cccs2)CC1)Nc1ccc(OC(F)(F)F)cc1. The van der Waals surface area contributed by atoms with Gasteiger partial charge in [0.2, 0.25) is 5.91 Å². The van der Waals surface area contributed by atoms with Crippen LogP contribution in [0.5, 0.6) is 5.75 Å². The average Bonchev–Trinajstić information content (AvgIpc) is 3.10. The third-order valence-electron chi connectivity index (χ3n) is 4.16. The van der Waals surface area contributed by atoms with Gasteiger partial charge in [-0.2, -0.15) is 0 Å². The molecule has 0 saturated carbocycles. The number of hydrogen-bond acceptors (Lipinski definition) is 5. The number of carbonyl (C=O) groups excluding carboxylic acids is 1. The molecule has 9 heteroatoms. The molecule has 27 heavy (non-hydrogen) atoms. The molecule has 0 spiro atoms. The molecule has 2 heterocycles. The molecule has 0 aliphatic carbocycles. The van der Waals surface area contributed by atoms with Crippen LogP contribution in [0.1, 0.15) is 4.88 Å². The van der Waals surface area contributed by atoms with Gasteiger partial charge in [0.15, 0.2) is 0 Å². The monoisotopic (exact) mass is 399 g/mol. The van der Waals surface area contributed by atoms with E-state index in [0.29, 0.717) is 5.69 Å². The van der Waals surface area contributed by atoms with Crippen molar-refractivity contribution in [3.8, 4) is 5.75 Å². The highest BCUT2D eigenvalue weighted by molar-refractivity contribution is 7.09. The normalized spacial score (nSPS) is 16.3. The van der Waals surface area contributed by atoms with Crippen molar-refractivity contribution in [2.24, 2.45) is 0 Å². The van der Waals surface area contributed by atoms with E-state index in [4.69, 9.17) is 0 Å². The van der Waals surface area contributed by atoms with Crippen LogP contribution in [-0.4, -0.2) is 54.8 Å². The summed E-state index contributed by atoms with van der Waals surface area (Å²) in [4.78, 5) is 17.9. The van der Waals surface area contributed by atoms with Gasteiger partial charge in [0, 0.05) is 43.3 Å². The molecule has 1 saturated heterocycles. The fourth-order valence-corrected chi connectivity index (χ4v) is 3.62. The van der Waals surface area contributed by atoms with Crippen molar-refractivity contribution in [3.63, 3.8) is 0 Å². The lowest BCUT2D eigenvalue weighted by Gasteiger charge is -2.34. The van der Waals surface area contributed by atoms with Crippen molar-refractivity contribution < 1.29 is 22.7 Å². The Morgan fingerprint density at radius 1 is 1.07 bits per heavy atom. The number of carbonyl (C=O) groups is 1. The van der Waals surface area contributed by atoms with E-state index in [2.05, 4.69) is 31.3 Å². The van der Waals surface area contributed by atoms with E-state index in [9.17, 15) is 18.0 Å². The summed E-state index contributed by atoms with van der Waals surface area (Å²) in [7, 11) is 0. The number of rotatable bonds is 6. The zero-order valence-electron chi connectivity index (χ0n) is 14.5. The van der Waals surface area contributed by atoms with Crippen molar-refractivity contribution in [3.05, 3.63) is 46.7 Å². The Morgan fingerprint density at radius 3 is 2.33 bits per heavy atom. The molecule has 1 fully saturated rings. The Labute approximate surface area is 159 Å². The number of alkyl halides is 3. The van der Waals surface area contributed by atoms with Crippen LogP contribution in [0.15, 0.2) is 41.8 Å². The molecule has 5 nitrogen and oxygen atoms in total. The van der Waals surface area contributed by atoms with E-state index in [0.717, 1.165) is 32.7 Å². The molecule has 146 valence electrons. The van der Waals surface area contributed by atoms with Gasteiger partial charge in [0.25, 0.3) is 0 Å². The van der Waals surface area contributed by atoms with Crippen LogP contribution in [0.2, 0.25) is 0 Å². The first-order chi connectivity index (χ1) is 12.9. The van der Waals surface area contributed by atoms with E-state index in [1.807, 2.05) is 6.07 Å². The number of anilines is 1. The Hall–Kier alpha value is -2.10. The number of nitrogens with one attached hydrogen (secondary N) is 1. The standard InChI is InChI=1S/C18H20F3N3O2S/c19-18(20,21)26-15-5-3-14(4-6-15)22-17(25)13-24-9-7-23(8-10-24)12-16-2-1-11-27-16/h1-6,11H,7-10,12-13H2,(H,22,25). The predicted octanol–water partition coefficient (Wildman–Crippen LogP) is 3.40. The van der Waals surface area contributed by atoms with Crippen LogP contribution >= 0.6 is 11.3 Å². The van der Waals surface area contributed by atoms with Gasteiger partial charge in [0.1, 0.15) is 5.75 Å². The zero-order chi connectivity index (χ0) is 19.3. The molecule has 1 aromatic heterocycles. The van der Waals surface area contributed by atoms with Gasteiger partial charge in [-0.3, -0.25) is 14.6 Å². The molecular formula is C18H20F3N3O2S. The molecule has 1 N–H and O–H groups in total. The van der Waals surface area contributed by atoms with E-state index in [1.54, 1.807) is 11.3 Å². The van der Waals surface area contributed by atoms with Crippen LogP contribution in [0.4, 0.5) is 18.9 Å². The van der Waals surface area contributed by atoms with Gasteiger partial charge >= 0.3 is 6.36 Å². The Bertz CT molecular complexity index is 727. The van der Waals surface area contributed by atoms with Gasteiger partial charge < -0.3 is 10.1 Å². The molecule has 1 aromatic carbocycles. The molecule has 3 rings (SSSR count). The van der Waals surface area contributed by atoms with Gasteiger partial charge in [0.05, 0.1) is 6.54 Å². The zero-order valence-corrected chi connectivity index (χ0v) is 15.4. The second-order valence-corrected chi connectivity index (χ2v) is 7.28. The Balaban J connectivity index is 1.41. The summed E-state index contributed by atoms with van der Waals surface area (Å²) in [6.07, 6.45) is -4.73. The van der Waals surface area contributed by atoms with E-state index >= 15 is 0 Å². The van der Waals surface area contributed by atoms with Gasteiger partial charge in [-0.25, -0.2) is 0 Å². The Kier molecular flexibility index (Phi) is 6.35. The molecule has 1 amide bonds. The summed E-state index contributed by atoms with van der Waals surface area (Å²) < 4.78 is 40.2. The summed E-state index contributed by atoms with van der Waals surface area (Å²) in [6, 6.07) is 9.28. The molecular weight excluding hydrogens is 379 g/mol. The maximum absolute atomic E-state index is 12.2. The van der Waals surface area contributed by atoms with Gasteiger partial charge in [-0.15, -0.1) is 24.5 Å². The average molecular weight is 399 g/mol. The topological polar surface area (TPSA) is 44.8 Å². The fourth-order valence-electron chi connectivity index (χ4n) is 2.87. The molecule has 2 aromatic rings. The highest BCUT2D eigenvalue weighted by Gasteiger charge is 2.31. The summed E-state index contributed by atoms with van der Waals surface area (Å²) in [5.41, 5.74) is 0.436. The van der Waals surface area contributed by atoms with Crippen LogP contribution in [-0.2, 0) is 11.3 Å². The van der Waals surface area contributed by atoms with Crippen LogP contribution in [0.3, 0.4) is 0 Å². The first-order valence-corrected chi connectivity index (χ1v) is 9.38. The quantitative estimate of drug-likeness (QED) is 0.809. The van der Waals surface area contributed by atoms with Crippen molar-refractivity contribution in [2.45, 2.75) is 12.9 Å².